The van der Waals surface area contributed by atoms with Crippen molar-refractivity contribution in [2.45, 2.75) is 12.0 Å². The Hall–Kier alpha value is -11.7. The zero-order valence-electron chi connectivity index (χ0n) is 48.6. The number of anilines is 5. The molecule has 0 saturated carbocycles. The molecule has 18 rings (SSSR count). The maximum atomic E-state index is 2.58. The number of fused-ring (bicyclic) bond motifs is 14. The summed E-state index contributed by atoms with van der Waals surface area (Å²) < 4.78 is 7.53. The van der Waals surface area contributed by atoms with Crippen molar-refractivity contribution in [1.29, 1.82) is 0 Å². The number of rotatable bonds is 10. The summed E-state index contributed by atoms with van der Waals surface area (Å²) in [6.45, 7) is 0. The van der Waals surface area contributed by atoms with E-state index in [9.17, 15) is 0 Å². The first kappa shape index (κ1) is 50.6. The topological polar surface area (TPSA) is 21.3 Å². The van der Waals surface area contributed by atoms with E-state index in [0.717, 1.165) is 34.1 Å². The Morgan fingerprint density at radius 1 is 0.281 bits per heavy atom. The normalized spacial score (nSPS) is 14.2. The number of hydrogen-bond acceptors (Lipinski definition) is 2. The van der Waals surface area contributed by atoms with Crippen molar-refractivity contribution in [3.8, 4) is 50.4 Å². The molecular formula is C84H57N5. The highest BCUT2D eigenvalue weighted by atomic mass is 15.2. The summed E-state index contributed by atoms with van der Waals surface area (Å²) >= 11 is 0. The summed E-state index contributed by atoms with van der Waals surface area (Å²) in [7, 11) is 0. The molecule has 2 aliphatic rings. The van der Waals surface area contributed by atoms with Gasteiger partial charge in [-0.25, -0.2) is 0 Å². The van der Waals surface area contributed by atoms with Gasteiger partial charge in [-0.2, -0.15) is 0 Å². The van der Waals surface area contributed by atoms with E-state index in [1.54, 1.807) is 0 Å². The van der Waals surface area contributed by atoms with Crippen LogP contribution in [-0.4, -0.2) is 19.7 Å². The average molecular weight is 1140 g/mol. The molecule has 5 heteroatoms. The van der Waals surface area contributed by atoms with Gasteiger partial charge in [0.25, 0.3) is 0 Å². The van der Waals surface area contributed by atoms with Crippen LogP contribution in [-0.2, 0) is 0 Å². The van der Waals surface area contributed by atoms with Crippen molar-refractivity contribution in [2.24, 2.45) is 0 Å². The van der Waals surface area contributed by atoms with Gasteiger partial charge in [-0.15, -0.1) is 0 Å². The van der Waals surface area contributed by atoms with Crippen molar-refractivity contribution in [2.75, 3.05) is 9.80 Å². The van der Waals surface area contributed by atoms with E-state index in [-0.39, 0.29) is 12.0 Å². The second-order valence-corrected chi connectivity index (χ2v) is 23.6. The van der Waals surface area contributed by atoms with Crippen LogP contribution < -0.4 is 9.80 Å². The van der Waals surface area contributed by atoms with Crippen LogP contribution in [0.15, 0.2) is 328 Å². The number of para-hydroxylation sites is 5. The van der Waals surface area contributed by atoms with Crippen LogP contribution in [0.2, 0.25) is 0 Å². The molecule has 418 valence electrons. The third-order valence-electron chi connectivity index (χ3n) is 18.8. The molecule has 5 nitrogen and oxygen atoms in total. The van der Waals surface area contributed by atoms with E-state index < -0.39 is 0 Å². The van der Waals surface area contributed by atoms with Gasteiger partial charge in [-0.1, -0.05) is 212 Å². The van der Waals surface area contributed by atoms with Crippen LogP contribution in [0, 0.1) is 0 Å². The van der Waals surface area contributed by atoms with Crippen molar-refractivity contribution in [3.05, 3.63) is 344 Å². The van der Waals surface area contributed by atoms with Crippen molar-refractivity contribution in [1.82, 2.24) is 13.7 Å². The molecule has 13 aromatic carbocycles. The SMILES string of the molecule is C1=CC2C(c3ccccc3N2c2ccccc2)c2c1c1cc(-c3ccc4c(c3)c3ccc5c6ccccc6n(-c6ccccc6)c5c3n4-c3ccccc3)ccc1n2-c1ccc(N(c2ccc(-c3ccccc3)cc2)c2ccc(-c3ccccc3)cc2)cc1. The molecule has 1 aliphatic carbocycles. The first-order chi connectivity index (χ1) is 44.2. The molecule has 2 unspecified atom stereocenters. The van der Waals surface area contributed by atoms with Crippen LogP contribution in [0.25, 0.3) is 111 Å². The maximum Gasteiger partial charge on any atom is 0.0788 e. The van der Waals surface area contributed by atoms with Gasteiger partial charge in [0.15, 0.2) is 0 Å². The van der Waals surface area contributed by atoms with Crippen molar-refractivity contribution < 1.29 is 0 Å². The average Bonchev–Trinajstić information content (AvgIpc) is 1.59. The molecule has 0 spiro atoms. The van der Waals surface area contributed by atoms with E-state index >= 15 is 0 Å². The largest absolute Gasteiger partial charge is 0.333 e. The zero-order chi connectivity index (χ0) is 58.5. The number of nitrogens with zero attached hydrogens (tertiary/aromatic N) is 5. The van der Waals surface area contributed by atoms with E-state index in [1.807, 2.05) is 0 Å². The summed E-state index contributed by atoms with van der Waals surface area (Å²) in [6, 6.07) is 118. The standard InChI is InChI=1S/C84H57N5/c1-6-20-56(21-7-1)58-34-40-65(41-35-58)85(66-42-36-59(37-43-66)57-22-8-2-9-23-57)67-44-46-68(47-45-67)87-78-51-38-60(54-74(78)71-50-53-80-81(82(71)87)73-31-17-19-33-77(73)86(80)62-24-10-3-11-25-62)61-39-52-79-75(55-61)72-49-48-70-69-30-16-18-32-76(69)88(63-26-12-4-13-27-63)83(70)84(72)89(79)64-28-14-5-15-29-64/h1-55,80-81H. The van der Waals surface area contributed by atoms with Gasteiger partial charge < -0.3 is 23.5 Å². The van der Waals surface area contributed by atoms with Crippen LogP contribution >= 0.6 is 0 Å². The monoisotopic (exact) mass is 1140 g/mol. The predicted molar refractivity (Wildman–Crippen MR) is 373 cm³/mol. The molecule has 1 aliphatic heterocycles. The number of aromatic nitrogens is 3. The molecule has 0 saturated heterocycles. The summed E-state index contributed by atoms with van der Waals surface area (Å²) in [6.07, 6.45) is 4.88. The molecule has 3 aromatic heterocycles. The molecular weight excluding hydrogens is 1080 g/mol. The highest BCUT2D eigenvalue weighted by Crippen LogP contribution is 2.54. The number of benzene rings is 13. The minimum Gasteiger partial charge on any atom is -0.333 e. The lowest BCUT2D eigenvalue weighted by Crippen LogP contribution is -2.31. The first-order valence-electron chi connectivity index (χ1n) is 30.8. The quantitative estimate of drug-likeness (QED) is 0.136. The maximum absolute atomic E-state index is 2.58. The van der Waals surface area contributed by atoms with E-state index in [4.69, 9.17) is 0 Å². The first-order valence-corrected chi connectivity index (χ1v) is 30.8. The fourth-order valence-electron chi connectivity index (χ4n) is 14.8. The molecule has 4 heterocycles. The van der Waals surface area contributed by atoms with Gasteiger partial charge in [0.1, 0.15) is 0 Å². The lowest BCUT2D eigenvalue weighted by Gasteiger charge is -2.31. The van der Waals surface area contributed by atoms with E-state index in [1.165, 1.54) is 116 Å². The lowest BCUT2D eigenvalue weighted by atomic mass is 9.84. The summed E-state index contributed by atoms with van der Waals surface area (Å²) in [5.74, 6) is 0.0495. The van der Waals surface area contributed by atoms with Gasteiger partial charge in [0, 0.05) is 83.7 Å². The second kappa shape index (κ2) is 20.5. The minimum absolute atomic E-state index is 0.0495. The summed E-state index contributed by atoms with van der Waals surface area (Å²) in [5.41, 5.74) is 26.0. The molecule has 16 aromatic rings. The highest BCUT2D eigenvalue weighted by Gasteiger charge is 2.44. The Morgan fingerprint density at radius 3 is 1.27 bits per heavy atom. The van der Waals surface area contributed by atoms with Crippen LogP contribution in [0.1, 0.15) is 22.7 Å². The minimum atomic E-state index is 0.0495. The fourth-order valence-corrected chi connectivity index (χ4v) is 14.8. The zero-order valence-corrected chi connectivity index (χ0v) is 48.6. The fraction of sp³-hybridized carbons (Fsp3) is 0.0238. The Morgan fingerprint density at radius 2 is 0.697 bits per heavy atom. The molecule has 0 bridgehead atoms. The van der Waals surface area contributed by atoms with E-state index in [2.05, 4.69) is 357 Å². The van der Waals surface area contributed by atoms with Crippen LogP contribution in [0.3, 0.4) is 0 Å². The molecule has 2 atom stereocenters. The smallest absolute Gasteiger partial charge is 0.0788 e. The third kappa shape index (κ3) is 8.09. The summed E-state index contributed by atoms with van der Waals surface area (Å²) in [4.78, 5) is 4.93. The highest BCUT2D eigenvalue weighted by molar-refractivity contribution is 6.24. The molecule has 89 heavy (non-hydrogen) atoms. The Bertz CT molecular complexity index is 5310. The van der Waals surface area contributed by atoms with Gasteiger partial charge in [0.05, 0.1) is 39.5 Å². The predicted octanol–water partition coefficient (Wildman–Crippen LogP) is 22.0. The molecule has 0 N–H and O–H groups in total. The van der Waals surface area contributed by atoms with Gasteiger partial charge in [-0.3, -0.25) is 0 Å². The number of hydrogen-bond donors (Lipinski definition) is 0. The van der Waals surface area contributed by atoms with Gasteiger partial charge in [-0.05, 0) is 160 Å². The Labute approximate surface area is 516 Å². The van der Waals surface area contributed by atoms with Crippen LogP contribution in [0.4, 0.5) is 28.4 Å². The van der Waals surface area contributed by atoms with Gasteiger partial charge in [0.2, 0.25) is 0 Å². The lowest BCUT2D eigenvalue weighted by molar-refractivity contribution is 0.693. The molecule has 0 fully saturated rings. The molecule has 0 amide bonds. The van der Waals surface area contributed by atoms with Crippen molar-refractivity contribution >= 4 is 89.0 Å². The van der Waals surface area contributed by atoms with Gasteiger partial charge >= 0.3 is 0 Å². The molecule has 0 radical (unpaired) electrons. The third-order valence-corrected chi connectivity index (χ3v) is 18.8. The van der Waals surface area contributed by atoms with Crippen LogP contribution in [0.5, 0.6) is 0 Å². The Balaban J connectivity index is 0.814. The summed E-state index contributed by atoms with van der Waals surface area (Å²) in [5, 5.41) is 6.14. The van der Waals surface area contributed by atoms with Crippen molar-refractivity contribution in [3.63, 3.8) is 0 Å². The Kier molecular flexibility index (Phi) is 11.7. The van der Waals surface area contributed by atoms with E-state index in [0.29, 0.717) is 0 Å². The second-order valence-electron chi connectivity index (χ2n) is 23.6.